The first-order chi connectivity index (χ1) is 11.4. The van der Waals surface area contributed by atoms with Gasteiger partial charge >= 0.3 is 0 Å². The Kier molecular flexibility index (Phi) is 5.76. The lowest BCUT2D eigenvalue weighted by molar-refractivity contribution is -0.384. The summed E-state index contributed by atoms with van der Waals surface area (Å²) in [5, 5.41) is 13.5. The second-order valence-corrected chi connectivity index (χ2v) is 5.90. The molecule has 0 heterocycles. The zero-order valence-corrected chi connectivity index (χ0v) is 14.2. The van der Waals surface area contributed by atoms with Gasteiger partial charge in [0.15, 0.2) is 0 Å². The minimum atomic E-state index is -0.551. The van der Waals surface area contributed by atoms with E-state index in [4.69, 9.17) is 11.6 Å². The highest BCUT2D eigenvalue weighted by Gasteiger charge is 2.14. The summed E-state index contributed by atoms with van der Waals surface area (Å²) < 4.78 is 0. The van der Waals surface area contributed by atoms with E-state index >= 15 is 0 Å². The molecule has 126 valence electrons. The van der Waals surface area contributed by atoms with Gasteiger partial charge in [-0.1, -0.05) is 23.7 Å². The van der Waals surface area contributed by atoms with Crippen molar-refractivity contribution < 1.29 is 9.72 Å². The van der Waals surface area contributed by atoms with Gasteiger partial charge in [-0.05, 0) is 30.2 Å². The number of carbonyl (C=O) groups is 1. The third-order valence-electron chi connectivity index (χ3n) is 3.56. The van der Waals surface area contributed by atoms with Crippen LogP contribution in [0.4, 0.5) is 11.4 Å². The predicted molar refractivity (Wildman–Crippen MR) is 94.9 cm³/mol. The Morgan fingerprint density at radius 2 is 1.88 bits per heavy atom. The Bertz CT molecular complexity index is 745. The molecule has 0 atom stereocenters. The largest absolute Gasteiger partial charge is 0.378 e. The van der Waals surface area contributed by atoms with Crippen molar-refractivity contribution in [3.05, 3.63) is 68.7 Å². The van der Waals surface area contributed by atoms with E-state index < -0.39 is 4.92 Å². The summed E-state index contributed by atoms with van der Waals surface area (Å²) in [6.07, 6.45) is 0.685. The van der Waals surface area contributed by atoms with Crippen LogP contribution in [0.2, 0.25) is 5.02 Å². The Labute approximate surface area is 145 Å². The molecule has 24 heavy (non-hydrogen) atoms. The summed E-state index contributed by atoms with van der Waals surface area (Å²) in [6, 6.07) is 11.9. The van der Waals surface area contributed by atoms with E-state index in [1.165, 1.54) is 18.2 Å². The van der Waals surface area contributed by atoms with Gasteiger partial charge in [-0.15, -0.1) is 0 Å². The summed E-state index contributed by atoms with van der Waals surface area (Å²) in [4.78, 5) is 24.2. The number of nitrogens with one attached hydrogen (secondary N) is 1. The van der Waals surface area contributed by atoms with Crippen LogP contribution >= 0.6 is 11.6 Å². The molecule has 0 radical (unpaired) electrons. The lowest BCUT2D eigenvalue weighted by Gasteiger charge is -2.12. The van der Waals surface area contributed by atoms with Crippen LogP contribution in [0.5, 0.6) is 0 Å². The molecule has 0 spiro atoms. The molecule has 0 bridgehead atoms. The maximum absolute atomic E-state index is 12.1. The van der Waals surface area contributed by atoms with Crippen molar-refractivity contribution in [3.63, 3.8) is 0 Å². The Balaban J connectivity index is 1.92. The number of amides is 1. The van der Waals surface area contributed by atoms with Crippen LogP contribution in [0.3, 0.4) is 0 Å². The summed E-state index contributed by atoms with van der Waals surface area (Å²) in [7, 11) is 3.95. The number of hydrogen-bond donors (Lipinski definition) is 1. The standard InChI is InChI=1S/C17H18ClN3O3/c1-20(2)13-5-3-12(4-6-13)9-10-19-17(22)15-8-7-14(21(23)24)11-16(15)18/h3-8,11H,9-10H2,1-2H3,(H,19,22). The first-order valence-corrected chi connectivity index (χ1v) is 7.74. The lowest BCUT2D eigenvalue weighted by Crippen LogP contribution is -2.26. The minimum absolute atomic E-state index is 0.0667. The van der Waals surface area contributed by atoms with Crippen molar-refractivity contribution in [1.29, 1.82) is 0 Å². The second kappa shape index (κ2) is 7.79. The molecule has 0 aliphatic heterocycles. The minimum Gasteiger partial charge on any atom is -0.378 e. The van der Waals surface area contributed by atoms with Crippen LogP contribution < -0.4 is 10.2 Å². The highest BCUT2D eigenvalue weighted by atomic mass is 35.5. The SMILES string of the molecule is CN(C)c1ccc(CCNC(=O)c2ccc([N+](=O)[O-])cc2Cl)cc1. The molecule has 1 N–H and O–H groups in total. The third kappa shape index (κ3) is 4.45. The van der Waals surface area contributed by atoms with Crippen molar-refractivity contribution in [3.8, 4) is 0 Å². The number of nitrogens with zero attached hydrogens (tertiary/aromatic N) is 2. The molecule has 2 rings (SSSR count). The number of benzene rings is 2. The van der Waals surface area contributed by atoms with Crippen LogP contribution in [-0.4, -0.2) is 31.5 Å². The molecule has 0 unspecified atom stereocenters. The molecule has 2 aromatic carbocycles. The van der Waals surface area contributed by atoms with E-state index in [1.54, 1.807) is 0 Å². The molecular weight excluding hydrogens is 330 g/mol. The molecule has 0 aliphatic rings. The quantitative estimate of drug-likeness (QED) is 0.642. The van der Waals surface area contributed by atoms with E-state index in [2.05, 4.69) is 5.32 Å². The molecule has 2 aromatic rings. The van der Waals surface area contributed by atoms with Gasteiger partial charge < -0.3 is 10.2 Å². The first-order valence-electron chi connectivity index (χ1n) is 7.37. The average molecular weight is 348 g/mol. The Morgan fingerprint density at radius 3 is 2.42 bits per heavy atom. The normalized spacial score (nSPS) is 10.3. The number of rotatable bonds is 6. The topological polar surface area (TPSA) is 75.5 Å². The maximum Gasteiger partial charge on any atom is 0.270 e. The number of halogens is 1. The van der Waals surface area contributed by atoms with Gasteiger partial charge in [0.1, 0.15) is 0 Å². The van der Waals surface area contributed by atoms with Crippen molar-refractivity contribution in [1.82, 2.24) is 5.32 Å². The van der Waals surface area contributed by atoms with Gasteiger partial charge in [0.05, 0.1) is 15.5 Å². The van der Waals surface area contributed by atoms with Crippen molar-refractivity contribution >= 4 is 28.9 Å². The summed E-state index contributed by atoms with van der Waals surface area (Å²) >= 11 is 5.94. The fourth-order valence-corrected chi connectivity index (χ4v) is 2.44. The van der Waals surface area contributed by atoms with E-state index in [1.807, 2.05) is 43.3 Å². The van der Waals surface area contributed by atoms with Crippen LogP contribution in [0, 0.1) is 10.1 Å². The Morgan fingerprint density at radius 1 is 1.21 bits per heavy atom. The van der Waals surface area contributed by atoms with Gasteiger partial charge in [-0.2, -0.15) is 0 Å². The number of carbonyl (C=O) groups excluding carboxylic acids is 1. The average Bonchev–Trinajstić information content (AvgIpc) is 2.55. The van der Waals surface area contributed by atoms with Gasteiger partial charge in [0.2, 0.25) is 0 Å². The number of anilines is 1. The van der Waals surface area contributed by atoms with E-state index in [0.717, 1.165) is 11.3 Å². The number of nitro benzene ring substituents is 1. The molecule has 1 amide bonds. The first kappa shape index (κ1) is 17.7. The predicted octanol–water partition coefficient (Wildman–Crippen LogP) is 3.29. The van der Waals surface area contributed by atoms with Gasteiger partial charge in [0, 0.05) is 38.5 Å². The summed E-state index contributed by atoms with van der Waals surface area (Å²) in [5.74, 6) is -0.347. The molecule has 0 saturated heterocycles. The second-order valence-electron chi connectivity index (χ2n) is 5.49. The van der Waals surface area contributed by atoms with Crippen molar-refractivity contribution in [2.45, 2.75) is 6.42 Å². The fraction of sp³-hybridized carbons (Fsp3) is 0.235. The molecule has 0 aliphatic carbocycles. The molecular formula is C17H18ClN3O3. The van der Waals surface area contributed by atoms with Gasteiger partial charge in [-0.3, -0.25) is 14.9 Å². The summed E-state index contributed by atoms with van der Waals surface area (Å²) in [6.45, 7) is 0.452. The van der Waals surface area contributed by atoms with Crippen LogP contribution in [0.15, 0.2) is 42.5 Å². The highest BCUT2D eigenvalue weighted by molar-refractivity contribution is 6.34. The fourth-order valence-electron chi connectivity index (χ4n) is 2.18. The zero-order chi connectivity index (χ0) is 17.7. The van der Waals surface area contributed by atoms with E-state index in [0.29, 0.717) is 13.0 Å². The van der Waals surface area contributed by atoms with E-state index in [-0.39, 0.29) is 22.2 Å². The van der Waals surface area contributed by atoms with Crippen LogP contribution in [0.25, 0.3) is 0 Å². The highest BCUT2D eigenvalue weighted by Crippen LogP contribution is 2.22. The molecule has 0 aromatic heterocycles. The molecule has 6 nitrogen and oxygen atoms in total. The molecule has 0 saturated carbocycles. The van der Waals surface area contributed by atoms with Crippen LogP contribution in [-0.2, 0) is 6.42 Å². The van der Waals surface area contributed by atoms with E-state index in [9.17, 15) is 14.9 Å². The number of nitro groups is 1. The zero-order valence-electron chi connectivity index (χ0n) is 13.5. The third-order valence-corrected chi connectivity index (χ3v) is 3.87. The molecule has 0 fully saturated rings. The number of non-ortho nitro benzene ring substituents is 1. The Hall–Kier alpha value is -2.60. The van der Waals surface area contributed by atoms with Gasteiger partial charge in [-0.25, -0.2) is 0 Å². The summed E-state index contributed by atoms with van der Waals surface area (Å²) in [5.41, 5.74) is 2.30. The monoisotopic (exact) mass is 347 g/mol. The lowest BCUT2D eigenvalue weighted by atomic mass is 10.1. The number of hydrogen-bond acceptors (Lipinski definition) is 4. The van der Waals surface area contributed by atoms with Gasteiger partial charge in [0.25, 0.3) is 11.6 Å². The molecule has 7 heteroatoms. The smallest absolute Gasteiger partial charge is 0.270 e. The van der Waals surface area contributed by atoms with Crippen LogP contribution in [0.1, 0.15) is 15.9 Å². The maximum atomic E-state index is 12.1. The van der Waals surface area contributed by atoms with Crippen molar-refractivity contribution in [2.75, 3.05) is 25.5 Å². The van der Waals surface area contributed by atoms with Crippen molar-refractivity contribution in [2.24, 2.45) is 0 Å².